The van der Waals surface area contributed by atoms with Crippen molar-refractivity contribution in [2.24, 2.45) is 5.92 Å². The summed E-state index contributed by atoms with van der Waals surface area (Å²) in [5.74, 6) is 2.10. The lowest BCUT2D eigenvalue weighted by Crippen LogP contribution is -2.30. The number of carbonyl (C=O) groups excluding carboxylic acids is 1. The third kappa shape index (κ3) is 2.12. The van der Waals surface area contributed by atoms with Crippen molar-refractivity contribution in [1.82, 2.24) is 35.3 Å². The number of nitrogens with zero attached hydrogens (tertiary/aromatic N) is 5. The highest BCUT2D eigenvalue weighted by Gasteiger charge is 2.25. The minimum Gasteiger partial charge on any atom is -0.350 e. The lowest BCUT2D eigenvalue weighted by molar-refractivity contribution is 0.0942. The lowest BCUT2D eigenvalue weighted by Gasteiger charge is -2.10. The number of rotatable bonds is 3. The van der Waals surface area contributed by atoms with Crippen LogP contribution in [0.15, 0.2) is 18.3 Å². The molecule has 1 unspecified atom stereocenters. The Morgan fingerprint density at radius 1 is 1.45 bits per heavy atom. The van der Waals surface area contributed by atoms with Crippen molar-refractivity contribution >= 4 is 16.9 Å². The molecule has 0 saturated heterocycles. The molecule has 2 N–H and O–H groups in total. The summed E-state index contributed by atoms with van der Waals surface area (Å²) in [5, 5.41) is 18.7. The van der Waals surface area contributed by atoms with Gasteiger partial charge in [-0.1, -0.05) is 0 Å². The summed E-state index contributed by atoms with van der Waals surface area (Å²) >= 11 is 0. The van der Waals surface area contributed by atoms with E-state index in [2.05, 4.69) is 35.3 Å². The molecule has 0 saturated carbocycles. The first-order valence-corrected chi connectivity index (χ1v) is 7.18. The first-order chi connectivity index (χ1) is 10.7. The second-order valence-corrected chi connectivity index (χ2v) is 5.56. The van der Waals surface area contributed by atoms with Crippen LogP contribution in [0.4, 0.5) is 0 Å². The summed E-state index contributed by atoms with van der Waals surface area (Å²) in [7, 11) is 0. The van der Waals surface area contributed by atoms with Gasteiger partial charge in [0.15, 0.2) is 5.65 Å². The fraction of sp³-hybridized carbons (Fsp3) is 0.357. The molecule has 0 aliphatic carbocycles. The molecule has 4 rings (SSSR count). The zero-order chi connectivity index (χ0) is 15.1. The van der Waals surface area contributed by atoms with Crippen LogP contribution in [0.25, 0.3) is 11.0 Å². The van der Waals surface area contributed by atoms with E-state index < -0.39 is 0 Å². The monoisotopic (exact) mass is 297 g/mol. The number of aromatic nitrogens is 6. The van der Waals surface area contributed by atoms with Crippen LogP contribution in [0.5, 0.6) is 0 Å². The summed E-state index contributed by atoms with van der Waals surface area (Å²) in [6.07, 6.45) is 2.52. The predicted molar refractivity (Wildman–Crippen MR) is 78.2 cm³/mol. The molecule has 1 aliphatic heterocycles. The van der Waals surface area contributed by atoms with Gasteiger partial charge >= 0.3 is 0 Å². The third-order valence-corrected chi connectivity index (χ3v) is 4.01. The SMILES string of the molecule is Cc1nnc2n1CC(CNC(=O)c1ccc3cn[nH]c3n1)C2. The number of carbonyl (C=O) groups is 1. The molecule has 3 aromatic heterocycles. The molecule has 1 atom stereocenters. The van der Waals surface area contributed by atoms with E-state index in [-0.39, 0.29) is 5.91 Å². The second-order valence-electron chi connectivity index (χ2n) is 5.56. The van der Waals surface area contributed by atoms with Crippen LogP contribution in [-0.4, -0.2) is 42.4 Å². The van der Waals surface area contributed by atoms with Crippen molar-refractivity contribution in [1.29, 1.82) is 0 Å². The van der Waals surface area contributed by atoms with Crippen molar-refractivity contribution < 1.29 is 4.79 Å². The van der Waals surface area contributed by atoms with Gasteiger partial charge < -0.3 is 9.88 Å². The quantitative estimate of drug-likeness (QED) is 0.731. The van der Waals surface area contributed by atoms with Crippen molar-refractivity contribution in [3.05, 3.63) is 35.7 Å². The Hall–Kier alpha value is -2.77. The Morgan fingerprint density at radius 3 is 3.23 bits per heavy atom. The maximum atomic E-state index is 12.2. The standard InChI is InChI=1S/C14H15N7O/c1-8-18-19-12-4-9(7-21(8)12)5-15-14(22)11-3-2-10-6-16-20-13(10)17-11/h2-3,6,9H,4-5,7H2,1H3,(H,15,22)(H,16,17,20). The second kappa shape index (κ2) is 4.90. The van der Waals surface area contributed by atoms with Gasteiger partial charge in [0.1, 0.15) is 17.3 Å². The number of H-pyrrole nitrogens is 1. The van der Waals surface area contributed by atoms with E-state index in [4.69, 9.17) is 0 Å². The topological polar surface area (TPSA) is 101 Å². The van der Waals surface area contributed by atoms with E-state index in [0.717, 1.165) is 30.0 Å². The van der Waals surface area contributed by atoms with Crippen molar-refractivity contribution in [2.75, 3.05) is 6.54 Å². The highest BCUT2D eigenvalue weighted by Crippen LogP contribution is 2.19. The van der Waals surface area contributed by atoms with Gasteiger partial charge in [-0.2, -0.15) is 5.10 Å². The number of fused-ring (bicyclic) bond motifs is 2. The summed E-state index contributed by atoms with van der Waals surface area (Å²) in [6.45, 7) is 3.40. The van der Waals surface area contributed by atoms with Gasteiger partial charge in [-0.15, -0.1) is 10.2 Å². The minimum absolute atomic E-state index is 0.170. The van der Waals surface area contributed by atoms with Crippen molar-refractivity contribution in [3.8, 4) is 0 Å². The Kier molecular flexibility index (Phi) is 2.88. The molecular weight excluding hydrogens is 282 g/mol. The Morgan fingerprint density at radius 2 is 2.36 bits per heavy atom. The zero-order valence-corrected chi connectivity index (χ0v) is 12.1. The molecule has 0 aromatic carbocycles. The van der Waals surface area contributed by atoms with Crippen LogP contribution in [0.1, 0.15) is 22.1 Å². The van der Waals surface area contributed by atoms with E-state index in [1.165, 1.54) is 0 Å². The highest BCUT2D eigenvalue weighted by atomic mass is 16.1. The summed E-state index contributed by atoms with van der Waals surface area (Å²) < 4.78 is 2.10. The first-order valence-electron chi connectivity index (χ1n) is 7.18. The van der Waals surface area contributed by atoms with E-state index in [0.29, 0.717) is 23.8 Å². The first kappa shape index (κ1) is 12.9. The molecule has 4 heterocycles. The smallest absolute Gasteiger partial charge is 0.269 e. The molecule has 1 aliphatic rings. The number of amides is 1. The van der Waals surface area contributed by atoms with Crippen molar-refractivity contribution in [2.45, 2.75) is 19.9 Å². The molecular formula is C14H15N7O. The average Bonchev–Trinajstić information content (AvgIpc) is 3.21. The summed E-state index contributed by atoms with van der Waals surface area (Å²) in [4.78, 5) is 16.5. The number of hydrogen-bond donors (Lipinski definition) is 2. The minimum atomic E-state index is -0.170. The van der Waals surface area contributed by atoms with Crippen LogP contribution in [0, 0.1) is 12.8 Å². The number of nitrogens with one attached hydrogen (secondary N) is 2. The van der Waals surface area contributed by atoms with Gasteiger partial charge in [-0.05, 0) is 19.1 Å². The molecule has 0 fully saturated rings. The number of pyridine rings is 1. The van der Waals surface area contributed by atoms with Crippen LogP contribution in [-0.2, 0) is 13.0 Å². The number of aromatic amines is 1. The number of hydrogen-bond acceptors (Lipinski definition) is 5. The lowest BCUT2D eigenvalue weighted by atomic mass is 10.1. The van der Waals surface area contributed by atoms with Crippen molar-refractivity contribution in [3.63, 3.8) is 0 Å². The average molecular weight is 297 g/mol. The van der Waals surface area contributed by atoms with Crippen LogP contribution < -0.4 is 5.32 Å². The molecule has 0 bridgehead atoms. The van der Waals surface area contributed by atoms with E-state index in [1.54, 1.807) is 12.3 Å². The van der Waals surface area contributed by atoms with Gasteiger partial charge in [0.25, 0.3) is 5.91 Å². The fourth-order valence-electron chi connectivity index (χ4n) is 2.81. The molecule has 1 amide bonds. The molecule has 8 nitrogen and oxygen atoms in total. The Balaban J connectivity index is 1.40. The van der Waals surface area contributed by atoms with Crippen LogP contribution in [0.2, 0.25) is 0 Å². The Labute approximate surface area is 126 Å². The van der Waals surface area contributed by atoms with Gasteiger partial charge in [-0.25, -0.2) is 4.98 Å². The van der Waals surface area contributed by atoms with E-state index in [1.807, 2.05) is 13.0 Å². The number of aryl methyl sites for hydroxylation is 1. The van der Waals surface area contributed by atoms with Crippen LogP contribution >= 0.6 is 0 Å². The Bertz CT molecular complexity index is 850. The molecule has 8 heteroatoms. The van der Waals surface area contributed by atoms with Gasteiger partial charge in [0, 0.05) is 30.8 Å². The van der Waals surface area contributed by atoms with Gasteiger partial charge in [0.2, 0.25) is 0 Å². The van der Waals surface area contributed by atoms with Crippen LogP contribution in [0.3, 0.4) is 0 Å². The molecule has 112 valence electrons. The van der Waals surface area contributed by atoms with E-state index >= 15 is 0 Å². The molecule has 3 aromatic rings. The van der Waals surface area contributed by atoms with Gasteiger partial charge in [0.05, 0.1) is 6.20 Å². The predicted octanol–water partition coefficient (Wildman–Crippen LogP) is 0.460. The fourth-order valence-corrected chi connectivity index (χ4v) is 2.81. The molecule has 22 heavy (non-hydrogen) atoms. The molecule has 0 radical (unpaired) electrons. The summed E-state index contributed by atoms with van der Waals surface area (Å²) in [6, 6.07) is 3.54. The van der Waals surface area contributed by atoms with E-state index in [9.17, 15) is 4.79 Å². The normalized spacial score (nSPS) is 16.9. The summed E-state index contributed by atoms with van der Waals surface area (Å²) in [5.41, 5.74) is 1.01. The van der Waals surface area contributed by atoms with Gasteiger partial charge in [-0.3, -0.25) is 9.89 Å². The largest absolute Gasteiger partial charge is 0.350 e. The maximum Gasteiger partial charge on any atom is 0.269 e. The highest BCUT2D eigenvalue weighted by molar-refractivity contribution is 5.94. The molecule has 0 spiro atoms. The maximum absolute atomic E-state index is 12.2. The zero-order valence-electron chi connectivity index (χ0n) is 12.1. The third-order valence-electron chi connectivity index (χ3n) is 4.01.